The van der Waals surface area contributed by atoms with Crippen LogP contribution in [0.3, 0.4) is 0 Å². The maximum absolute atomic E-state index is 12.5. The van der Waals surface area contributed by atoms with Gasteiger partial charge in [0.15, 0.2) is 0 Å². The summed E-state index contributed by atoms with van der Waals surface area (Å²) < 4.78 is 6.08. The predicted molar refractivity (Wildman–Crippen MR) is 166 cm³/mol. The van der Waals surface area contributed by atoms with Gasteiger partial charge in [0.05, 0.1) is 34.2 Å². The Morgan fingerprint density at radius 1 is 0.628 bits per heavy atom. The van der Waals surface area contributed by atoms with E-state index in [2.05, 4.69) is 41.2 Å². The SMILES string of the molecule is CC(NC(=O)Nc1nc2ccc(Oc3ccc4nc(NC(=O)NC(C)c5ccccc5)[nH]c4c3)cc2[nH]1)c1ccccc1. The number of ether oxygens (including phenoxy) is 1. The van der Waals surface area contributed by atoms with Crippen molar-refractivity contribution in [3.05, 3.63) is 108 Å². The second kappa shape index (κ2) is 12.0. The molecule has 0 spiro atoms. The van der Waals surface area contributed by atoms with Crippen LogP contribution in [0.1, 0.15) is 37.1 Å². The Labute approximate surface area is 247 Å². The molecule has 6 N–H and O–H groups in total. The molecule has 4 aromatic carbocycles. The maximum Gasteiger partial charge on any atom is 0.322 e. The molecular formula is C32H30N8O3. The van der Waals surface area contributed by atoms with Gasteiger partial charge in [0, 0.05) is 12.1 Å². The average molecular weight is 575 g/mol. The summed E-state index contributed by atoms with van der Waals surface area (Å²) >= 11 is 0. The number of hydrogen-bond donors (Lipinski definition) is 6. The Hall–Kier alpha value is -5.84. The zero-order chi connectivity index (χ0) is 29.8. The lowest BCUT2D eigenvalue weighted by molar-refractivity contribution is 0.248. The molecular weight excluding hydrogens is 544 g/mol. The van der Waals surface area contributed by atoms with Gasteiger partial charge in [-0.2, -0.15) is 0 Å². The number of H-pyrrole nitrogens is 2. The van der Waals surface area contributed by atoms with Crippen molar-refractivity contribution in [1.29, 1.82) is 0 Å². The first-order valence-electron chi connectivity index (χ1n) is 13.8. The molecule has 6 aromatic rings. The Morgan fingerprint density at radius 3 is 1.47 bits per heavy atom. The van der Waals surface area contributed by atoms with Crippen molar-refractivity contribution >= 4 is 46.0 Å². The number of hydrogen-bond acceptors (Lipinski definition) is 5. The van der Waals surface area contributed by atoms with Crippen molar-refractivity contribution in [2.24, 2.45) is 0 Å². The molecule has 216 valence electrons. The number of benzene rings is 4. The minimum Gasteiger partial charge on any atom is -0.457 e. The Balaban J connectivity index is 1.08. The summed E-state index contributed by atoms with van der Waals surface area (Å²) in [6, 6.07) is 29.2. The van der Waals surface area contributed by atoms with Crippen LogP contribution in [0, 0.1) is 0 Å². The Bertz CT molecular complexity index is 1750. The second-order valence-electron chi connectivity index (χ2n) is 10.1. The molecule has 0 saturated carbocycles. The van der Waals surface area contributed by atoms with Crippen molar-refractivity contribution in [2.75, 3.05) is 10.6 Å². The number of aromatic nitrogens is 4. The number of anilines is 2. The van der Waals surface area contributed by atoms with E-state index in [9.17, 15) is 9.59 Å². The van der Waals surface area contributed by atoms with Crippen LogP contribution in [0.5, 0.6) is 11.5 Å². The van der Waals surface area contributed by atoms with Crippen LogP contribution in [0.2, 0.25) is 0 Å². The lowest BCUT2D eigenvalue weighted by atomic mass is 10.1. The number of imidazole rings is 2. The van der Waals surface area contributed by atoms with Gasteiger partial charge < -0.3 is 25.3 Å². The monoisotopic (exact) mass is 574 g/mol. The van der Waals surface area contributed by atoms with E-state index in [4.69, 9.17) is 4.74 Å². The van der Waals surface area contributed by atoms with E-state index in [1.54, 1.807) is 24.3 Å². The van der Waals surface area contributed by atoms with Gasteiger partial charge in [0.2, 0.25) is 11.9 Å². The number of rotatable bonds is 8. The lowest BCUT2D eigenvalue weighted by Gasteiger charge is -2.14. The Morgan fingerprint density at radius 2 is 1.05 bits per heavy atom. The third kappa shape index (κ3) is 6.57. The second-order valence-corrected chi connectivity index (χ2v) is 10.1. The first-order valence-corrected chi connectivity index (χ1v) is 13.8. The molecule has 0 aliphatic heterocycles. The van der Waals surface area contributed by atoms with Crippen molar-refractivity contribution in [3.8, 4) is 11.5 Å². The molecule has 4 amide bonds. The van der Waals surface area contributed by atoms with Crippen LogP contribution in [0.25, 0.3) is 22.1 Å². The van der Waals surface area contributed by atoms with Gasteiger partial charge in [-0.15, -0.1) is 0 Å². The molecule has 2 heterocycles. The number of aromatic amines is 2. The third-order valence-electron chi connectivity index (χ3n) is 6.90. The highest BCUT2D eigenvalue weighted by Gasteiger charge is 2.14. The highest BCUT2D eigenvalue weighted by atomic mass is 16.5. The van der Waals surface area contributed by atoms with Crippen molar-refractivity contribution in [1.82, 2.24) is 30.6 Å². The fourth-order valence-electron chi connectivity index (χ4n) is 4.69. The van der Waals surface area contributed by atoms with E-state index in [-0.39, 0.29) is 24.1 Å². The van der Waals surface area contributed by atoms with E-state index in [1.165, 1.54) is 0 Å². The fraction of sp³-hybridized carbons (Fsp3) is 0.125. The number of carbonyl (C=O) groups excluding carboxylic acids is 2. The quantitative estimate of drug-likeness (QED) is 0.116. The molecule has 2 aromatic heterocycles. The number of amides is 4. The Kier molecular flexibility index (Phi) is 7.60. The van der Waals surface area contributed by atoms with E-state index < -0.39 is 0 Å². The van der Waals surface area contributed by atoms with Crippen LogP contribution in [-0.4, -0.2) is 32.0 Å². The molecule has 0 radical (unpaired) electrons. The van der Waals surface area contributed by atoms with Crippen molar-refractivity contribution in [2.45, 2.75) is 25.9 Å². The zero-order valence-electron chi connectivity index (χ0n) is 23.5. The molecule has 11 nitrogen and oxygen atoms in total. The van der Waals surface area contributed by atoms with Crippen LogP contribution < -0.4 is 26.0 Å². The first-order chi connectivity index (χ1) is 20.9. The number of nitrogens with one attached hydrogen (secondary N) is 6. The van der Waals surface area contributed by atoms with E-state index in [0.29, 0.717) is 45.5 Å². The standard InChI is InChI=1S/C32H30N8O3/c1-19(21-9-5-3-6-10-21)33-31(41)39-29-35-25-15-13-23(17-27(25)37-29)43-24-14-16-26-28(18-24)38-30(36-26)40-32(42)34-20(2)22-11-7-4-8-12-22/h3-20H,1-2H3,(H3,33,35,37,39,41)(H3,34,36,38,40,42). The highest BCUT2D eigenvalue weighted by Crippen LogP contribution is 2.28. The summed E-state index contributed by atoms with van der Waals surface area (Å²) in [4.78, 5) is 40.2. The minimum atomic E-state index is -0.364. The molecule has 11 heteroatoms. The number of carbonyl (C=O) groups is 2. The summed E-state index contributed by atoms with van der Waals surface area (Å²) in [5.74, 6) is 1.81. The van der Waals surface area contributed by atoms with Crippen LogP contribution in [0.15, 0.2) is 97.1 Å². The zero-order valence-corrected chi connectivity index (χ0v) is 23.5. The molecule has 2 unspecified atom stereocenters. The summed E-state index contributed by atoms with van der Waals surface area (Å²) in [5.41, 5.74) is 4.77. The third-order valence-corrected chi connectivity index (χ3v) is 6.90. The van der Waals surface area contributed by atoms with Gasteiger partial charge in [-0.3, -0.25) is 10.6 Å². The van der Waals surface area contributed by atoms with Crippen molar-refractivity contribution < 1.29 is 14.3 Å². The minimum absolute atomic E-state index is 0.162. The number of nitrogens with zero attached hydrogens (tertiary/aromatic N) is 2. The molecule has 6 rings (SSSR count). The molecule has 0 aliphatic carbocycles. The van der Waals surface area contributed by atoms with E-state index in [1.807, 2.05) is 86.6 Å². The summed E-state index contributed by atoms with van der Waals surface area (Å²) in [6.45, 7) is 3.83. The summed E-state index contributed by atoms with van der Waals surface area (Å²) in [5, 5.41) is 11.3. The molecule has 0 bridgehead atoms. The number of fused-ring (bicyclic) bond motifs is 2. The molecule has 43 heavy (non-hydrogen) atoms. The lowest BCUT2D eigenvalue weighted by Crippen LogP contribution is -2.31. The largest absolute Gasteiger partial charge is 0.457 e. The first kappa shape index (κ1) is 27.3. The van der Waals surface area contributed by atoms with E-state index in [0.717, 1.165) is 11.1 Å². The average Bonchev–Trinajstić information content (AvgIpc) is 3.59. The van der Waals surface area contributed by atoms with E-state index >= 15 is 0 Å². The van der Waals surface area contributed by atoms with Crippen LogP contribution in [-0.2, 0) is 0 Å². The highest BCUT2D eigenvalue weighted by molar-refractivity contribution is 5.91. The number of urea groups is 2. The smallest absolute Gasteiger partial charge is 0.322 e. The van der Waals surface area contributed by atoms with Crippen LogP contribution >= 0.6 is 0 Å². The fourth-order valence-corrected chi connectivity index (χ4v) is 4.69. The van der Waals surface area contributed by atoms with Crippen LogP contribution in [0.4, 0.5) is 21.5 Å². The molecule has 2 atom stereocenters. The van der Waals surface area contributed by atoms with Gasteiger partial charge in [-0.25, -0.2) is 19.6 Å². The summed E-state index contributed by atoms with van der Waals surface area (Å²) in [7, 11) is 0. The van der Waals surface area contributed by atoms with Gasteiger partial charge in [0.25, 0.3) is 0 Å². The van der Waals surface area contributed by atoms with Gasteiger partial charge in [-0.1, -0.05) is 60.7 Å². The maximum atomic E-state index is 12.5. The summed E-state index contributed by atoms with van der Waals surface area (Å²) in [6.07, 6.45) is 0. The molecule has 0 fully saturated rings. The predicted octanol–water partition coefficient (Wildman–Crippen LogP) is 7.00. The van der Waals surface area contributed by atoms with Crippen molar-refractivity contribution in [3.63, 3.8) is 0 Å². The molecule has 0 saturated heterocycles. The topological polar surface area (TPSA) is 149 Å². The normalized spacial score (nSPS) is 12.4. The van der Waals surface area contributed by atoms with Gasteiger partial charge >= 0.3 is 12.1 Å². The van der Waals surface area contributed by atoms with Gasteiger partial charge in [-0.05, 0) is 49.2 Å². The van der Waals surface area contributed by atoms with Gasteiger partial charge in [0.1, 0.15) is 11.5 Å². The molecule has 0 aliphatic rings.